The van der Waals surface area contributed by atoms with Crippen molar-refractivity contribution in [3.63, 3.8) is 0 Å². The summed E-state index contributed by atoms with van der Waals surface area (Å²) in [6.45, 7) is 0.525. The van der Waals surface area contributed by atoms with Gasteiger partial charge in [-0.25, -0.2) is 4.52 Å². The lowest BCUT2D eigenvalue weighted by Gasteiger charge is -2.01. The summed E-state index contributed by atoms with van der Waals surface area (Å²) in [5.74, 6) is 0. The van der Waals surface area contributed by atoms with Gasteiger partial charge in [0.25, 0.3) is 5.56 Å². The van der Waals surface area contributed by atoms with E-state index in [-0.39, 0.29) is 5.56 Å². The first-order valence-electron chi connectivity index (χ1n) is 7.52. The number of aromatic nitrogens is 3. The number of nitrogens with two attached hydrogens (primary N) is 1. The van der Waals surface area contributed by atoms with Crippen LogP contribution in [0.25, 0.3) is 16.6 Å². The number of H-pyrrole nitrogens is 1. The molecule has 23 heavy (non-hydrogen) atoms. The van der Waals surface area contributed by atoms with Crippen LogP contribution < -0.4 is 11.3 Å². The highest BCUT2D eigenvalue weighted by Gasteiger charge is 2.09. The van der Waals surface area contributed by atoms with Crippen molar-refractivity contribution in [2.75, 3.05) is 0 Å². The van der Waals surface area contributed by atoms with Gasteiger partial charge in [0.15, 0.2) is 0 Å². The molecule has 2 heterocycles. The highest BCUT2D eigenvalue weighted by molar-refractivity contribution is 5.80. The lowest BCUT2D eigenvalue weighted by Crippen LogP contribution is -2.09. The Morgan fingerprint density at radius 3 is 2.74 bits per heavy atom. The largest absolute Gasteiger partial charge is 0.326 e. The number of hydrogen-bond donors (Lipinski definition) is 2. The fourth-order valence-electron chi connectivity index (χ4n) is 2.90. The van der Waals surface area contributed by atoms with Crippen LogP contribution in [0, 0.1) is 0 Å². The van der Waals surface area contributed by atoms with Crippen molar-refractivity contribution in [1.29, 1.82) is 0 Å². The van der Waals surface area contributed by atoms with Crippen LogP contribution in [0.4, 0.5) is 0 Å². The molecule has 0 aliphatic heterocycles. The van der Waals surface area contributed by atoms with E-state index >= 15 is 0 Å². The van der Waals surface area contributed by atoms with Crippen LogP contribution in [-0.2, 0) is 13.0 Å². The Labute approximate surface area is 132 Å². The summed E-state index contributed by atoms with van der Waals surface area (Å²) >= 11 is 0. The Kier molecular flexibility index (Phi) is 3.20. The molecule has 0 saturated carbocycles. The van der Waals surface area contributed by atoms with Gasteiger partial charge in [-0.3, -0.25) is 4.79 Å². The van der Waals surface area contributed by atoms with Gasteiger partial charge < -0.3 is 10.7 Å². The van der Waals surface area contributed by atoms with Crippen LogP contribution in [0.2, 0.25) is 0 Å². The molecule has 0 fully saturated rings. The van der Waals surface area contributed by atoms with E-state index in [0.29, 0.717) is 24.0 Å². The van der Waals surface area contributed by atoms with Gasteiger partial charge >= 0.3 is 0 Å². The number of para-hydroxylation sites is 1. The molecule has 0 bridgehead atoms. The summed E-state index contributed by atoms with van der Waals surface area (Å²) in [6.07, 6.45) is 0.700. The van der Waals surface area contributed by atoms with Gasteiger partial charge in [0.05, 0.1) is 16.6 Å². The zero-order valence-electron chi connectivity index (χ0n) is 12.5. The van der Waals surface area contributed by atoms with Crippen LogP contribution in [0.15, 0.2) is 59.4 Å². The molecule has 4 rings (SSSR count). The SMILES string of the molecule is NCc1cccc(Cc2cc3[nH]c(=O)c4ccccc4n3n2)c1. The molecule has 2 aromatic carbocycles. The van der Waals surface area contributed by atoms with E-state index in [0.717, 1.165) is 22.3 Å². The van der Waals surface area contributed by atoms with E-state index in [4.69, 9.17) is 5.73 Å². The third-order valence-corrected chi connectivity index (χ3v) is 3.99. The quantitative estimate of drug-likeness (QED) is 0.609. The minimum atomic E-state index is -0.0929. The second-order valence-electron chi connectivity index (χ2n) is 5.60. The van der Waals surface area contributed by atoms with Crippen molar-refractivity contribution in [3.8, 4) is 0 Å². The number of hydrogen-bond acceptors (Lipinski definition) is 3. The second kappa shape index (κ2) is 5.37. The number of rotatable bonds is 3. The Bertz CT molecular complexity index is 1060. The van der Waals surface area contributed by atoms with Crippen molar-refractivity contribution in [2.24, 2.45) is 5.73 Å². The monoisotopic (exact) mass is 304 g/mol. The third kappa shape index (κ3) is 2.41. The number of benzene rings is 2. The maximum absolute atomic E-state index is 12.1. The number of fused-ring (bicyclic) bond motifs is 3. The molecule has 0 saturated heterocycles. The molecule has 0 spiro atoms. The molecule has 2 aromatic heterocycles. The molecule has 5 nitrogen and oxygen atoms in total. The number of nitrogens with one attached hydrogen (secondary N) is 1. The maximum Gasteiger partial charge on any atom is 0.259 e. The molecule has 5 heteroatoms. The molecule has 4 aromatic rings. The van der Waals surface area contributed by atoms with Crippen LogP contribution in [0.1, 0.15) is 16.8 Å². The van der Waals surface area contributed by atoms with E-state index in [1.807, 2.05) is 36.4 Å². The number of aromatic amines is 1. The molecule has 0 radical (unpaired) electrons. The Morgan fingerprint density at radius 1 is 1.04 bits per heavy atom. The minimum Gasteiger partial charge on any atom is -0.326 e. The van der Waals surface area contributed by atoms with Crippen molar-refractivity contribution in [2.45, 2.75) is 13.0 Å². The van der Waals surface area contributed by atoms with Crippen molar-refractivity contribution in [1.82, 2.24) is 14.6 Å². The Morgan fingerprint density at radius 2 is 1.87 bits per heavy atom. The first-order valence-corrected chi connectivity index (χ1v) is 7.52. The minimum absolute atomic E-state index is 0.0929. The molecule has 0 amide bonds. The predicted molar refractivity (Wildman–Crippen MR) is 90.5 cm³/mol. The summed E-state index contributed by atoms with van der Waals surface area (Å²) < 4.78 is 1.79. The summed E-state index contributed by atoms with van der Waals surface area (Å²) in [5.41, 5.74) is 10.3. The average molecular weight is 304 g/mol. The smallest absolute Gasteiger partial charge is 0.259 e. The Hall–Kier alpha value is -2.92. The molecular weight excluding hydrogens is 288 g/mol. The summed E-state index contributed by atoms with van der Waals surface area (Å²) in [5, 5.41) is 5.29. The Balaban J connectivity index is 1.82. The van der Waals surface area contributed by atoms with Gasteiger partial charge in [0.1, 0.15) is 5.65 Å². The van der Waals surface area contributed by atoms with Gasteiger partial charge in [-0.05, 0) is 23.3 Å². The van der Waals surface area contributed by atoms with Crippen molar-refractivity contribution >= 4 is 16.6 Å². The molecule has 0 unspecified atom stereocenters. The molecule has 114 valence electrons. The summed E-state index contributed by atoms with van der Waals surface area (Å²) in [4.78, 5) is 15.0. The second-order valence-corrected chi connectivity index (χ2v) is 5.60. The van der Waals surface area contributed by atoms with Crippen LogP contribution in [0.3, 0.4) is 0 Å². The molecule has 0 aliphatic carbocycles. The van der Waals surface area contributed by atoms with Gasteiger partial charge in [-0.2, -0.15) is 5.10 Å². The number of nitrogens with zero attached hydrogens (tertiary/aromatic N) is 2. The zero-order chi connectivity index (χ0) is 15.8. The van der Waals surface area contributed by atoms with E-state index in [1.165, 1.54) is 0 Å². The molecule has 3 N–H and O–H groups in total. The van der Waals surface area contributed by atoms with E-state index < -0.39 is 0 Å². The van der Waals surface area contributed by atoms with Gasteiger partial charge in [0, 0.05) is 19.0 Å². The third-order valence-electron chi connectivity index (χ3n) is 3.99. The highest BCUT2D eigenvalue weighted by Crippen LogP contribution is 2.15. The first kappa shape index (κ1) is 13.7. The molecular formula is C18H16N4O. The van der Waals surface area contributed by atoms with Crippen molar-refractivity contribution in [3.05, 3.63) is 81.8 Å². The van der Waals surface area contributed by atoms with Gasteiger partial charge in [0.2, 0.25) is 0 Å². The summed E-state index contributed by atoms with van der Waals surface area (Å²) in [7, 11) is 0. The predicted octanol–water partition coefficient (Wildman–Crippen LogP) is 2.23. The molecule has 0 aliphatic rings. The standard InChI is InChI=1S/C18H16N4O/c19-11-13-5-3-4-12(8-13)9-14-10-17-20-18(23)15-6-1-2-7-16(15)22(17)21-14/h1-8,10H,9,11,19H2,(H,20,23). The van der Waals surface area contributed by atoms with Crippen molar-refractivity contribution < 1.29 is 0 Å². The normalized spacial score (nSPS) is 11.3. The van der Waals surface area contributed by atoms with Crippen LogP contribution >= 0.6 is 0 Å². The average Bonchev–Trinajstić information content (AvgIpc) is 2.98. The lowest BCUT2D eigenvalue weighted by molar-refractivity contribution is 0.924. The van der Waals surface area contributed by atoms with E-state index in [2.05, 4.69) is 22.2 Å². The molecule has 0 atom stereocenters. The fourth-order valence-corrected chi connectivity index (χ4v) is 2.90. The van der Waals surface area contributed by atoms with Gasteiger partial charge in [-0.15, -0.1) is 0 Å². The fraction of sp³-hybridized carbons (Fsp3) is 0.111. The maximum atomic E-state index is 12.1. The first-order chi connectivity index (χ1) is 11.2. The lowest BCUT2D eigenvalue weighted by atomic mass is 10.1. The van der Waals surface area contributed by atoms with E-state index in [9.17, 15) is 4.79 Å². The topological polar surface area (TPSA) is 76.2 Å². The zero-order valence-corrected chi connectivity index (χ0v) is 12.5. The summed E-state index contributed by atoms with van der Waals surface area (Å²) in [6, 6.07) is 17.6. The van der Waals surface area contributed by atoms with Crippen LogP contribution in [0.5, 0.6) is 0 Å². The van der Waals surface area contributed by atoms with Crippen LogP contribution in [-0.4, -0.2) is 14.6 Å². The van der Waals surface area contributed by atoms with Gasteiger partial charge in [-0.1, -0.05) is 36.4 Å². The highest BCUT2D eigenvalue weighted by atomic mass is 16.1. The van der Waals surface area contributed by atoms with E-state index in [1.54, 1.807) is 10.6 Å².